The third kappa shape index (κ3) is 5.24. The largest absolute Gasteiger partial charge is 0.487 e. The Morgan fingerprint density at radius 3 is 2.24 bits per heavy atom. The van der Waals surface area contributed by atoms with E-state index in [0.717, 1.165) is 40.0 Å². The molecule has 0 unspecified atom stereocenters. The number of alkyl halides is 3. The highest BCUT2D eigenvalue weighted by atomic mass is 35.5. The van der Waals surface area contributed by atoms with Crippen LogP contribution in [0.2, 0.25) is 10.0 Å². The number of hydrogen-bond acceptors (Lipinski definition) is 2. The van der Waals surface area contributed by atoms with E-state index in [1.807, 2.05) is 26.0 Å². The minimum absolute atomic E-state index is 0. The van der Waals surface area contributed by atoms with Gasteiger partial charge in [-0.3, -0.25) is 4.98 Å². The van der Waals surface area contributed by atoms with Crippen molar-refractivity contribution in [3.63, 3.8) is 0 Å². The topological polar surface area (TPSA) is 27.1 Å². The third-order valence-corrected chi connectivity index (χ3v) is 6.20. The number of halogens is 6. The molecular formula is C24H20Cl3F3N2O. The summed E-state index contributed by atoms with van der Waals surface area (Å²) in [5.41, 5.74) is 4.61. The summed E-state index contributed by atoms with van der Waals surface area (Å²) in [5.74, 6) is 0.603. The molecule has 0 aliphatic carbocycles. The summed E-state index contributed by atoms with van der Waals surface area (Å²) in [6.07, 6.45) is -2.70. The van der Waals surface area contributed by atoms with Crippen LogP contribution >= 0.6 is 35.6 Å². The molecule has 0 amide bonds. The number of nitrogens with zero attached hydrogens (tertiary/aromatic N) is 2. The maximum atomic E-state index is 12.8. The molecule has 0 spiro atoms. The van der Waals surface area contributed by atoms with Crippen molar-refractivity contribution < 1.29 is 17.9 Å². The van der Waals surface area contributed by atoms with Crippen molar-refractivity contribution in [3.8, 4) is 5.75 Å². The van der Waals surface area contributed by atoms with Gasteiger partial charge in [0.25, 0.3) is 0 Å². The van der Waals surface area contributed by atoms with Crippen LogP contribution in [0.15, 0.2) is 54.7 Å². The fourth-order valence-corrected chi connectivity index (χ4v) is 3.92. The van der Waals surface area contributed by atoms with Crippen LogP contribution < -0.4 is 4.74 Å². The van der Waals surface area contributed by atoms with Crippen LogP contribution in [0.25, 0.3) is 11.0 Å². The van der Waals surface area contributed by atoms with E-state index in [1.165, 1.54) is 12.1 Å². The molecule has 0 fully saturated rings. The predicted molar refractivity (Wildman–Crippen MR) is 128 cm³/mol. The molecule has 0 radical (unpaired) electrons. The molecule has 2 heterocycles. The third-order valence-electron chi connectivity index (χ3n) is 5.46. The quantitative estimate of drug-likeness (QED) is 0.269. The SMILES string of the molecule is Cc1c(C)n(Cc2ccc(Cl)c(Cl)c2)c2c(OCc3ccc(C(F)(F)F)cc3)ccnc12.Cl. The van der Waals surface area contributed by atoms with E-state index in [0.29, 0.717) is 27.9 Å². The van der Waals surface area contributed by atoms with Crippen molar-refractivity contribution in [2.75, 3.05) is 0 Å². The summed E-state index contributed by atoms with van der Waals surface area (Å²) in [7, 11) is 0. The van der Waals surface area contributed by atoms with Crippen LogP contribution in [0.4, 0.5) is 13.2 Å². The Morgan fingerprint density at radius 1 is 0.939 bits per heavy atom. The van der Waals surface area contributed by atoms with Gasteiger partial charge in [-0.1, -0.05) is 41.4 Å². The van der Waals surface area contributed by atoms with E-state index in [1.54, 1.807) is 18.3 Å². The van der Waals surface area contributed by atoms with Gasteiger partial charge in [-0.05, 0) is 54.8 Å². The number of pyridine rings is 1. The fourth-order valence-electron chi connectivity index (χ4n) is 3.60. The van der Waals surface area contributed by atoms with Gasteiger partial charge in [0.1, 0.15) is 17.9 Å². The summed E-state index contributed by atoms with van der Waals surface area (Å²) in [5, 5.41) is 0.967. The van der Waals surface area contributed by atoms with Gasteiger partial charge in [0, 0.05) is 24.5 Å². The Morgan fingerprint density at radius 2 is 1.61 bits per heavy atom. The Kier molecular flexibility index (Phi) is 7.52. The van der Waals surface area contributed by atoms with Crippen molar-refractivity contribution in [3.05, 3.63) is 92.7 Å². The van der Waals surface area contributed by atoms with Gasteiger partial charge in [0.15, 0.2) is 0 Å². The number of rotatable bonds is 5. The molecule has 0 saturated carbocycles. The Balaban J connectivity index is 0.00000306. The minimum atomic E-state index is -4.36. The predicted octanol–water partition coefficient (Wildman–Crippen LogP) is 8.03. The molecule has 0 aliphatic heterocycles. The van der Waals surface area contributed by atoms with Crippen LogP contribution in [0.5, 0.6) is 5.75 Å². The van der Waals surface area contributed by atoms with Crippen LogP contribution in [-0.2, 0) is 19.3 Å². The van der Waals surface area contributed by atoms with Gasteiger partial charge >= 0.3 is 6.18 Å². The molecular weight excluding hydrogens is 496 g/mol. The van der Waals surface area contributed by atoms with Crippen molar-refractivity contribution in [2.24, 2.45) is 0 Å². The fraction of sp³-hybridized carbons (Fsp3) is 0.208. The van der Waals surface area contributed by atoms with Crippen LogP contribution in [-0.4, -0.2) is 9.55 Å². The van der Waals surface area contributed by atoms with Crippen molar-refractivity contribution in [2.45, 2.75) is 33.2 Å². The van der Waals surface area contributed by atoms with Gasteiger partial charge < -0.3 is 9.30 Å². The zero-order valence-electron chi connectivity index (χ0n) is 17.7. The van der Waals surface area contributed by atoms with Crippen LogP contribution in [0.3, 0.4) is 0 Å². The average Bonchev–Trinajstić information content (AvgIpc) is 3.00. The van der Waals surface area contributed by atoms with E-state index in [-0.39, 0.29) is 19.0 Å². The molecule has 0 atom stereocenters. The first-order valence-corrected chi connectivity index (χ1v) is 10.6. The highest BCUT2D eigenvalue weighted by Crippen LogP contribution is 2.33. The lowest BCUT2D eigenvalue weighted by atomic mass is 10.1. The molecule has 9 heteroatoms. The second kappa shape index (κ2) is 9.84. The minimum Gasteiger partial charge on any atom is -0.487 e. The van der Waals surface area contributed by atoms with Crippen LogP contribution in [0, 0.1) is 13.8 Å². The number of benzene rings is 2. The number of aromatic nitrogens is 2. The van der Waals surface area contributed by atoms with Crippen molar-refractivity contribution >= 4 is 46.6 Å². The lowest BCUT2D eigenvalue weighted by Gasteiger charge is -2.13. The molecule has 3 nitrogen and oxygen atoms in total. The lowest BCUT2D eigenvalue weighted by Crippen LogP contribution is -2.06. The normalized spacial score (nSPS) is 11.5. The zero-order valence-corrected chi connectivity index (χ0v) is 20.0. The van der Waals surface area contributed by atoms with E-state index >= 15 is 0 Å². The smallest absolute Gasteiger partial charge is 0.416 e. The summed E-state index contributed by atoms with van der Waals surface area (Å²) in [4.78, 5) is 4.52. The Labute approximate surface area is 205 Å². The van der Waals surface area contributed by atoms with Gasteiger partial charge in [0.05, 0.1) is 21.1 Å². The zero-order chi connectivity index (χ0) is 23.0. The molecule has 0 saturated heterocycles. The number of aryl methyl sites for hydroxylation is 1. The molecule has 2 aromatic carbocycles. The number of fused-ring (bicyclic) bond motifs is 1. The molecule has 33 heavy (non-hydrogen) atoms. The molecule has 174 valence electrons. The van der Waals surface area contributed by atoms with Gasteiger partial charge in [-0.15, -0.1) is 12.4 Å². The molecule has 0 bridgehead atoms. The highest BCUT2D eigenvalue weighted by Gasteiger charge is 2.30. The summed E-state index contributed by atoms with van der Waals surface area (Å²) in [6, 6.07) is 12.2. The van der Waals surface area contributed by atoms with E-state index in [9.17, 15) is 13.2 Å². The molecule has 4 aromatic rings. The van der Waals surface area contributed by atoms with E-state index in [4.69, 9.17) is 27.9 Å². The standard InChI is InChI=1S/C24H19Cl2F3N2O.ClH/c1-14-15(2)31(12-17-5-8-19(25)20(26)11-17)23-21(9-10-30-22(14)23)32-13-16-3-6-18(7-4-16)24(27,28)29;/h3-11H,12-13H2,1-2H3;1H. The van der Waals surface area contributed by atoms with Gasteiger partial charge in [0.2, 0.25) is 0 Å². The summed E-state index contributed by atoms with van der Waals surface area (Å²) in [6.45, 7) is 4.67. The number of ether oxygens (including phenoxy) is 1. The van der Waals surface area contributed by atoms with Gasteiger partial charge in [-0.2, -0.15) is 13.2 Å². The number of hydrogen-bond donors (Lipinski definition) is 0. The van der Waals surface area contributed by atoms with E-state index < -0.39 is 11.7 Å². The summed E-state index contributed by atoms with van der Waals surface area (Å²) >= 11 is 12.2. The lowest BCUT2D eigenvalue weighted by molar-refractivity contribution is -0.137. The molecule has 0 aliphatic rings. The molecule has 4 rings (SSSR count). The monoisotopic (exact) mass is 514 g/mol. The maximum absolute atomic E-state index is 12.8. The second-order valence-corrected chi connectivity index (χ2v) is 8.35. The van der Waals surface area contributed by atoms with Crippen molar-refractivity contribution in [1.82, 2.24) is 9.55 Å². The first-order chi connectivity index (χ1) is 15.1. The highest BCUT2D eigenvalue weighted by molar-refractivity contribution is 6.42. The second-order valence-electron chi connectivity index (χ2n) is 7.53. The molecule has 0 N–H and O–H groups in total. The first kappa shape index (κ1) is 25.2. The van der Waals surface area contributed by atoms with Crippen molar-refractivity contribution in [1.29, 1.82) is 0 Å². The Hall–Kier alpha value is -2.41. The van der Waals surface area contributed by atoms with Gasteiger partial charge in [-0.25, -0.2) is 0 Å². The molecule has 2 aromatic heterocycles. The summed E-state index contributed by atoms with van der Waals surface area (Å²) < 4.78 is 46.5. The van der Waals surface area contributed by atoms with Crippen LogP contribution in [0.1, 0.15) is 27.9 Å². The maximum Gasteiger partial charge on any atom is 0.416 e. The first-order valence-electron chi connectivity index (χ1n) is 9.82. The Bertz CT molecular complexity index is 1290. The average molecular weight is 516 g/mol. The van der Waals surface area contributed by atoms with E-state index in [2.05, 4.69) is 9.55 Å².